The van der Waals surface area contributed by atoms with Crippen molar-refractivity contribution in [2.75, 3.05) is 0 Å². The molecule has 0 radical (unpaired) electrons. The summed E-state index contributed by atoms with van der Waals surface area (Å²) in [6, 6.07) is -0.917. The van der Waals surface area contributed by atoms with E-state index in [9.17, 15) is 4.79 Å². The predicted molar refractivity (Wildman–Crippen MR) is 25.8 cm³/mol. The first kappa shape index (κ1) is 6.17. The molecule has 0 aromatic heterocycles. The highest BCUT2D eigenvalue weighted by Gasteiger charge is 2.02. The fraction of sp³-hybridized carbons (Fsp3) is 0.250. The van der Waals surface area contributed by atoms with Gasteiger partial charge in [-0.15, -0.1) is 6.58 Å². The number of rotatable bonds is 2. The molecule has 0 bridgehead atoms. The zero-order valence-electron chi connectivity index (χ0n) is 3.79. The van der Waals surface area contributed by atoms with Crippen LogP contribution >= 0.6 is 0 Å². The highest BCUT2D eigenvalue weighted by atomic mass is 16.4. The quantitative estimate of drug-likeness (QED) is 0.368. The van der Waals surface area contributed by atoms with Crippen molar-refractivity contribution >= 4 is 5.97 Å². The monoisotopic (exact) mass is 102 g/mol. The standard InChI is InChI=1S/C4H7NO2/c1-2-3(5)4(6)7/h2-3H,1,5H2,(H,6,7)/t3-/m0/s1/i1+1. The van der Waals surface area contributed by atoms with E-state index in [0.717, 1.165) is 0 Å². The summed E-state index contributed by atoms with van der Waals surface area (Å²) in [5.41, 5.74) is 4.90. The summed E-state index contributed by atoms with van der Waals surface area (Å²) in [4.78, 5) is 9.73. The summed E-state index contributed by atoms with van der Waals surface area (Å²) in [6.07, 6.45) is 1.17. The summed E-state index contributed by atoms with van der Waals surface area (Å²) in [5.74, 6) is -1.05. The predicted octanol–water partition coefficient (Wildman–Crippen LogP) is -0.416. The molecular weight excluding hydrogens is 95.0 g/mol. The second-order valence-electron chi connectivity index (χ2n) is 1.10. The van der Waals surface area contributed by atoms with Crippen molar-refractivity contribution < 1.29 is 9.90 Å². The van der Waals surface area contributed by atoms with Crippen molar-refractivity contribution in [3.63, 3.8) is 0 Å². The maximum Gasteiger partial charge on any atom is 0.324 e. The molecule has 3 nitrogen and oxygen atoms in total. The number of hydrogen-bond donors (Lipinski definition) is 2. The second kappa shape index (κ2) is 2.36. The van der Waals surface area contributed by atoms with Gasteiger partial charge in [-0.2, -0.15) is 0 Å². The fourth-order valence-electron chi connectivity index (χ4n) is 0.101. The van der Waals surface area contributed by atoms with Gasteiger partial charge in [0.1, 0.15) is 6.04 Å². The fourth-order valence-corrected chi connectivity index (χ4v) is 0.101. The van der Waals surface area contributed by atoms with E-state index in [2.05, 4.69) is 6.58 Å². The molecule has 0 amide bonds. The molecule has 0 saturated heterocycles. The third-order valence-electron chi connectivity index (χ3n) is 0.539. The first-order valence-corrected chi connectivity index (χ1v) is 1.79. The Morgan fingerprint density at radius 3 is 2.43 bits per heavy atom. The molecule has 0 aromatic rings. The van der Waals surface area contributed by atoms with Crippen molar-refractivity contribution in [3.05, 3.63) is 12.7 Å². The normalized spacial score (nSPS) is 12.7. The van der Waals surface area contributed by atoms with E-state index < -0.39 is 12.0 Å². The Kier molecular flexibility index (Phi) is 2.08. The lowest BCUT2D eigenvalue weighted by Crippen LogP contribution is -2.26. The lowest BCUT2D eigenvalue weighted by Gasteiger charge is -1.92. The van der Waals surface area contributed by atoms with Crippen LogP contribution in [-0.2, 0) is 4.79 Å². The molecule has 0 saturated carbocycles. The molecule has 0 fully saturated rings. The minimum Gasteiger partial charge on any atom is -0.480 e. The lowest BCUT2D eigenvalue weighted by molar-refractivity contribution is -0.137. The molecule has 0 spiro atoms. The highest BCUT2D eigenvalue weighted by molar-refractivity contribution is 5.75. The van der Waals surface area contributed by atoms with Crippen molar-refractivity contribution in [3.8, 4) is 0 Å². The molecule has 0 aliphatic rings. The number of aliphatic carboxylic acids is 1. The summed E-state index contributed by atoms with van der Waals surface area (Å²) in [5, 5.41) is 7.99. The largest absolute Gasteiger partial charge is 0.480 e. The highest BCUT2D eigenvalue weighted by Crippen LogP contribution is 1.74. The van der Waals surface area contributed by atoms with Crippen molar-refractivity contribution in [1.29, 1.82) is 0 Å². The third kappa shape index (κ3) is 1.94. The number of carboxylic acid groups (broad SMARTS) is 1. The van der Waals surface area contributed by atoms with Gasteiger partial charge in [0.2, 0.25) is 0 Å². The summed E-state index contributed by atoms with van der Waals surface area (Å²) in [7, 11) is 0. The molecule has 7 heavy (non-hydrogen) atoms. The van der Waals surface area contributed by atoms with E-state index in [0.29, 0.717) is 0 Å². The first-order chi connectivity index (χ1) is 3.18. The number of carbonyl (C=O) groups is 1. The minimum absolute atomic E-state index is 0.917. The van der Waals surface area contributed by atoms with Gasteiger partial charge in [0.15, 0.2) is 0 Å². The molecule has 0 aromatic carbocycles. The Bertz CT molecular complexity index is 89.7. The Hall–Kier alpha value is -0.830. The SMILES string of the molecule is [13CH2]=C[C@H](N)C(=O)O. The van der Waals surface area contributed by atoms with Crippen molar-refractivity contribution in [1.82, 2.24) is 0 Å². The first-order valence-electron chi connectivity index (χ1n) is 1.79. The number of nitrogens with two attached hydrogens (primary N) is 1. The zero-order chi connectivity index (χ0) is 5.86. The van der Waals surface area contributed by atoms with Crippen LogP contribution in [0.5, 0.6) is 0 Å². The van der Waals surface area contributed by atoms with E-state index >= 15 is 0 Å². The maximum absolute atomic E-state index is 9.73. The average molecular weight is 102 g/mol. The van der Waals surface area contributed by atoms with Crippen LogP contribution in [0.2, 0.25) is 0 Å². The molecule has 0 heterocycles. The Morgan fingerprint density at radius 2 is 2.43 bits per heavy atom. The van der Waals surface area contributed by atoms with Crippen molar-refractivity contribution in [2.24, 2.45) is 5.73 Å². The van der Waals surface area contributed by atoms with E-state index in [-0.39, 0.29) is 0 Å². The summed E-state index contributed by atoms with van der Waals surface area (Å²) in [6.45, 7) is 3.18. The summed E-state index contributed by atoms with van der Waals surface area (Å²) >= 11 is 0. The van der Waals surface area contributed by atoms with Crippen LogP contribution in [0, 0.1) is 0 Å². The molecule has 40 valence electrons. The molecular formula is C4H7NO2. The van der Waals surface area contributed by atoms with Gasteiger partial charge < -0.3 is 10.8 Å². The van der Waals surface area contributed by atoms with Gasteiger partial charge in [-0.25, -0.2) is 0 Å². The zero-order valence-corrected chi connectivity index (χ0v) is 3.79. The molecule has 0 aliphatic carbocycles. The lowest BCUT2D eigenvalue weighted by atomic mass is 10.3. The van der Waals surface area contributed by atoms with Gasteiger partial charge in [-0.05, 0) is 0 Å². The number of carboxylic acids is 1. The van der Waals surface area contributed by atoms with Crippen LogP contribution in [0.3, 0.4) is 0 Å². The number of hydrogen-bond acceptors (Lipinski definition) is 2. The van der Waals surface area contributed by atoms with Gasteiger partial charge in [-0.3, -0.25) is 4.79 Å². The molecule has 3 heteroatoms. The van der Waals surface area contributed by atoms with Gasteiger partial charge in [0, 0.05) is 0 Å². The van der Waals surface area contributed by atoms with Crippen LogP contribution in [0.25, 0.3) is 0 Å². The van der Waals surface area contributed by atoms with Crippen LogP contribution in [0.4, 0.5) is 0 Å². The van der Waals surface area contributed by atoms with Gasteiger partial charge >= 0.3 is 5.97 Å². The van der Waals surface area contributed by atoms with Crippen molar-refractivity contribution in [2.45, 2.75) is 6.04 Å². The Balaban J connectivity index is 3.55. The van der Waals surface area contributed by atoms with E-state index in [1.54, 1.807) is 0 Å². The summed E-state index contributed by atoms with van der Waals surface area (Å²) < 4.78 is 0. The van der Waals surface area contributed by atoms with Crippen LogP contribution < -0.4 is 5.73 Å². The molecule has 1 atom stereocenters. The molecule has 0 rings (SSSR count). The van der Waals surface area contributed by atoms with E-state index in [1.807, 2.05) is 0 Å². The van der Waals surface area contributed by atoms with Crippen LogP contribution in [0.15, 0.2) is 12.7 Å². The maximum atomic E-state index is 9.73. The topological polar surface area (TPSA) is 63.3 Å². The van der Waals surface area contributed by atoms with Crippen LogP contribution in [-0.4, -0.2) is 17.1 Å². The molecule has 0 aliphatic heterocycles. The van der Waals surface area contributed by atoms with Gasteiger partial charge in [0.05, 0.1) is 0 Å². The van der Waals surface area contributed by atoms with Gasteiger partial charge in [0.25, 0.3) is 0 Å². The van der Waals surface area contributed by atoms with E-state index in [4.69, 9.17) is 10.8 Å². The molecule has 3 N–H and O–H groups in total. The molecule has 0 unspecified atom stereocenters. The smallest absolute Gasteiger partial charge is 0.324 e. The minimum atomic E-state index is -1.05. The Labute approximate surface area is 41.4 Å². The van der Waals surface area contributed by atoms with Crippen LogP contribution in [0.1, 0.15) is 0 Å². The average Bonchev–Trinajstić information content (AvgIpc) is 1.65. The third-order valence-corrected chi connectivity index (χ3v) is 0.539. The second-order valence-corrected chi connectivity index (χ2v) is 1.10. The van der Waals surface area contributed by atoms with E-state index in [1.165, 1.54) is 6.08 Å². The van der Waals surface area contributed by atoms with Gasteiger partial charge in [-0.1, -0.05) is 6.08 Å². The Morgan fingerprint density at radius 1 is 2.00 bits per heavy atom.